The van der Waals surface area contributed by atoms with Gasteiger partial charge in [0.2, 0.25) is 0 Å². The molecule has 0 unspecified atom stereocenters. The predicted molar refractivity (Wildman–Crippen MR) is 84.1 cm³/mol. The van der Waals surface area contributed by atoms with Gasteiger partial charge in [-0.1, -0.05) is 23.2 Å². The smallest absolute Gasteiger partial charge is 0.116 e. The van der Waals surface area contributed by atoms with Crippen LogP contribution in [0.25, 0.3) is 16.9 Å². The highest BCUT2D eigenvalue weighted by Crippen LogP contribution is 2.32. The lowest BCUT2D eigenvalue weighted by atomic mass is 10.1. The summed E-state index contributed by atoms with van der Waals surface area (Å²) in [7, 11) is 0. The number of aromatic nitrogens is 4. The summed E-state index contributed by atoms with van der Waals surface area (Å²) in [4.78, 5) is 12.9. The fraction of sp³-hybridized carbons (Fsp3) is 0.133. The zero-order valence-electron chi connectivity index (χ0n) is 11.5. The van der Waals surface area contributed by atoms with Crippen molar-refractivity contribution in [3.8, 4) is 16.9 Å². The van der Waals surface area contributed by atoms with Gasteiger partial charge in [0.1, 0.15) is 12.2 Å². The minimum atomic E-state index is 0.553. The van der Waals surface area contributed by atoms with Gasteiger partial charge in [-0.15, -0.1) is 0 Å². The number of aryl methyl sites for hydroxylation is 2. The number of imidazole rings is 1. The van der Waals surface area contributed by atoms with Crippen LogP contribution in [0.3, 0.4) is 0 Å². The van der Waals surface area contributed by atoms with Gasteiger partial charge in [0.15, 0.2) is 0 Å². The Bertz CT molecular complexity index is 811. The first-order valence-electron chi connectivity index (χ1n) is 6.34. The summed E-state index contributed by atoms with van der Waals surface area (Å²) >= 11 is 12.3. The molecular formula is C15H12Cl2N4. The zero-order chi connectivity index (χ0) is 15.0. The van der Waals surface area contributed by atoms with E-state index in [-0.39, 0.29) is 0 Å². The summed E-state index contributed by atoms with van der Waals surface area (Å²) in [6.45, 7) is 3.88. The molecule has 106 valence electrons. The van der Waals surface area contributed by atoms with Gasteiger partial charge in [-0.25, -0.2) is 15.0 Å². The van der Waals surface area contributed by atoms with Gasteiger partial charge in [0.25, 0.3) is 0 Å². The molecule has 0 spiro atoms. The summed E-state index contributed by atoms with van der Waals surface area (Å²) in [6.07, 6.45) is 5.20. The molecule has 0 saturated heterocycles. The molecule has 0 N–H and O–H groups in total. The SMILES string of the molecule is Cc1cn(-c2cncnc2-c2ccc(Cl)cc2Cl)c(C)n1. The van der Waals surface area contributed by atoms with Crippen molar-refractivity contribution in [2.75, 3.05) is 0 Å². The minimum absolute atomic E-state index is 0.553. The molecule has 0 bridgehead atoms. The van der Waals surface area contributed by atoms with Crippen LogP contribution in [-0.2, 0) is 0 Å². The molecule has 6 heteroatoms. The van der Waals surface area contributed by atoms with Crippen molar-refractivity contribution < 1.29 is 0 Å². The third-order valence-electron chi connectivity index (χ3n) is 3.14. The largest absolute Gasteiger partial charge is 0.300 e. The Hall–Kier alpha value is -1.91. The first-order chi connectivity index (χ1) is 10.1. The summed E-state index contributed by atoms with van der Waals surface area (Å²) < 4.78 is 1.95. The van der Waals surface area contributed by atoms with Crippen molar-refractivity contribution in [3.63, 3.8) is 0 Å². The van der Waals surface area contributed by atoms with E-state index in [9.17, 15) is 0 Å². The molecule has 1 aromatic carbocycles. The van der Waals surface area contributed by atoms with Gasteiger partial charge < -0.3 is 4.57 Å². The molecule has 0 fully saturated rings. The van der Waals surface area contributed by atoms with Crippen molar-refractivity contribution in [3.05, 3.63) is 58.5 Å². The van der Waals surface area contributed by atoms with E-state index in [2.05, 4.69) is 15.0 Å². The van der Waals surface area contributed by atoms with Gasteiger partial charge >= 0.3 is 0 Å². The summed E-state index contributed by atoms with van der Waals surface area (Å²) in [5.41, 5.74) is 3.32. The van der Waals surface area contributed by atoms with Crippen LogP contribution in [0.4, 0.5) is 0 Å². The Labute approximate surface area is 132 Å². The van der Waals surface area contributed by atoms with Crippen LogP contribution in [-0.4, -0.2) is 19.5 Å². The van der Waals surface area contributed by atoms with Gasteiger partial charge in [-0.05, 0) is 32.0 Å². The maximum absolute atomic E-state index is 6.30. The average Bonchev–Trinajstić information content (AvgIpc) is 2.78. The van der Waals surface area contributed by atoms with Crippen molar-refractivity contribution in [1.82, 2.24) is 19.5 Å². The van der Waals surface area contributed by atoms with E-state index in [1.807, 2.05) is 30.7 Å². The van der Waals surface area contributed by atoms with Gasteiger partial charge in [0.05, 0.1) is 28.3 Å². The van der Waals surface area contributed by atoms with Crippen LogP contribution < -0.4 is 0 Å². The molecule has 0 aliphatic carbocycles. The van der Waals surface area contributed by atoms with Crippen LogP contribution >= 0.6 is 23.2 Å². The number of halogens is 2. The number of benzene rings is 1. The Morgan fingerprint density at radius 2 is 1.95 bits per heavy atom. The molecule has 4 nitrogen and oxygen atoms in total. The first kappa shape index (κ1) is 14.0. The summed E-state index contributed by atoms with van der Waals surface area (Å²) in [6, 6.07) is 5.35. The Morgan fingerprint density at radius 3 is 2.62 bits per heavy atom. The zero-order valence-corrected chi connectivity index (χ0v) is 13.0. The summed E-state index contributed by atoms with van der Waals surface area (Å²) in [5.74, 6) is 0.869. The Balaban J connectivity index is 2.23. The molecule has 2 aromatic heterocycles. The van der Waals surface area contributed by atoms with Crippen LogP contribution in [0, 0.1) is 13.8 Å². The van der Waals surface area contributed by atoms with Crippen LogP contribution in [0.15, 0.2) is 36.9 Å². The minimum Gasteiger partial charge on any atom is -0.300 e. The molecule has 3 aromatic rings. The molecule has 0 amide bonds. The topological polar surface area (TPSA) is 43.6 Å². The second kappa shape index (κ2) is 5.47. The van der Waals surface area contributed by atoms with E-state index in [1.165, 1.54) is 6.33 Å². The van der Waals surface area contributed by atoms with E-state index in [0.717, 1.165) is 28.5 Å². The van der Waals surface area contributed by atoms with Gasteiger partial charge in [-0.3, -0.25) is 0 Å². The van der Waals surface area contributed by atoms with Crippen LogP contribution in [0.5, 0.6) is 0 Å². The van der Waals surface area contributed by atoms with Crippen molar-refractivity contribution in [2.45, 2.75) is 13.8 Å². The molecule has 0 aliphatic rings. The van der Waals surface area contributed by atoms with Crippen LogP contribution in [0.2, 0.25) is 10.0 Å². The maximum atomic E-state index is 6.30. The molecule has 2 heterocycles. The van der Waals surface area contributed by atoms with E-state index in [0.29, 0.717) is 10.0 Å². The molecule has 0 atom stereocenters. The molecule has 3 rings (SSSR count). The monoisotopic (exact) mass is 318 g/mol. The summed E-state index contributed by atoms with van der Waals surface area (Å²) in [5, 5.41) is 1.14. The quantitative estimate of drug-likeness (QED) is 0.709. The average molecular weight is 319 g/mol. The van der Waals surface area contributed by atoms with E-state index in [4.69, 9.17) is 23.2 Å². The normalized spacial score (nSPS) is 10.9. The highest BCUT2D eigenvalue weighted by Gasteiger charge is 2.14. The van der Waals surface area contributed by atoms with E-state index in [1.54, 1.807) is 18.3 Å². The lowest BCUT2D eigenvalue weighted by Gasteiger charge is -2.11. The molecule has 0 radical (unpaired) electrons. The first-order valence-corrected chi connectivity index (χ1v) is 7.10. The lowest BCUT2D eigenvalue weighted by Crippen LogP contribution is -2.01. The number of nitrogens with zero attached hydrogens (tertiary/aromatic N) is 4. The maximum Gasteiger partial charge on any atom is 0.116 e. The number of rotatable bonds is 2. The second-order valence-electron chi connectivity index (χ2n) is 4.68. The van der Waals surface area contributed by atoms with Gasteiger partial charge in [-0.2, -0.15) is 0 Å². The lowest BCUT2D eigenvalue weighted by molar-refractivity contribution is 0.951. The van der Waals surface area contributed by atoms with E-state index < -0.39 is 0 Å². The van der Waals surface area contributed by atoms with Crippen molar-refractivity contribution >= 4 is 23.2 Å². The number of hydrogen-bond donors (Lipinski definition) is 0. The third kappa shape index (κ3) is 2.64. The Morgan fingerprint density at radius 1 is 1.14 bits per heavy atom. The second-order valence-corrected chi connectivity index (χ2v) is 5.52. The molecular weight excluding hydrogens is 307 g/mol. The standard InChI is InChI=1S/C15H12Cl2N4/c1-9-7-21(10(2)20-9)14-6-18-8-19-15(14)12-4-3-11(16)5-13(12)17/h3-8H,1-2H3. The third-order valence-corrected chi connectivity index (χ3v) is 3.69. The Kier molecular flexibility index (Phi) is 3.66. The van der Waals surface area contributed by atoms with Gasteiger partial charge in [0, 0.05) is 16.8 Å². The fourth-order valence-corrected chi connectivity index (χ4v) is 2.75. The highest BCUT2D eigenvalue weighted by atomic mass is 35.5. The molecule has 0 saturated carbocycles. The van der Waals surface area contributed by atoms with Crippen molar-refractivity contribution in [2.24, 2.45) is 0 Å². The van der Waals surface area contributed by atoms with Crippen LogP contribution in [0.1, 0.15) is 11.5 Å². The molecule has 21 heavy (non-hydrogen) atoms. The molecule has 0 aliphatic heterocycles. The highest BCUT2D eigenvalue weighted by molar-refractivity contribution is 6.36. The van der Waals surface area contributed by atoms with E-state index >= 15 is 0 Å². The fourth-order valence-electron chi connectivity index (χ4n) is 2.25. The predicted octanol–water partition coefficient (Wildman–Crippen LogP) is 4.25. The number of hydrogen-bond acceptors (Lipinski definition) is 3. The van der Waals surface area contributed by atoms with Crippen molar-refractivity contribution in [1.29, 1.82) is 0 Å².